The van der Waals surface area contributed by atoms with Crippen LogP contribution in [0.2, 0.25) is 0 Å². The van der Waals surface area contributed by atoms with E-state index in [9.17, 15) is 9.90 Å². The summed E-state index contributed by atoms with van der Waals surface area (Å²) < 4.78 is 2.41. The molecule has 0 unspecified atom stereocenters. The Bertz CT molecular complexity index is 1630. The average molecular weight is 750 g/mol. The number of ketones is 1. The predicted octanol–water partition coefficient (Wildman–Crippen LogP) is 10.0. The van der Waals surface area contributed by atoms with E-state index in [1.165, 1.54) is 26.4 Å². The van der Waals surface area contributed by atoms with Crippen molar-refractivity contribution < 1.29 is 30.0 Å². The topological polar surface area (TPSA) is 63.1 Å². The maximum atomic E-state index is 11.7. The number of allylic oxidation sites excluding steroid dienone is 2. The molecule has 5 rings (SSSR count). The van der Waals surface area contributed by atoms with E-state index in [1.54, 1.807) is 11.3 Å². The van der Waals surface area contributed by atoms with Crippen molar-refractivity contribution in [3.05, 3.63) is 70.4 Å². The quantitative estimate of drug-likeness (QED) is 0.0975. The number of aromatic nitrogens is 2. The van der Waals surface area contributed by atoms with Crippen molar-refractivity contribution in [1.29, 1.82) is 0 Å². The Morgan fingerprint density at radius 2 is 1.62 bits per heavy atom. The number of carbonyl (C=O) groups is 1. The van der Waals surface area contributed by atoms with E-state index in [4.69, 9.17) is 4.98 Å². The van der Waals surface area contributed by atoms with Gasteiger partial charge in [0.15, 0.2) is 5.78 Å². The van der Waals surface area contributed by atoms with Gasteiger partial charge in [-0.15, -0.1) is 28.9 Å². The molecular weight excluding hydrogens is 713 g/mol. The number of fused-ring (bicyclic) bond motifs is 4. The van der Waals surface area contributed by atoms with E-state index >= 15 is 0 Å². The second-order valence-electron chi connectivity index (χ2n) is 9.88. The van der Waals surface area contributed by atoms with Crippen molar-refractivity contribution in [2.45, 2.75) is 67.2 Å². The summed E-state index contributed by atoms with van der Waals surface area (Å²) in [6.07, 6.45) is 6.76. The molecule has 0 fully saturated rings. The molecule has 5 aromatic rings. The van der Waals surface area contributed by atoms with Crippen molar-refractivity contribution in [1.82, 2.24) is 9.97 Å². The Morgan fingerprint density at radius 3 is 2.30 bits per heavy atom. The third-order valence-electron chi connectivity index (χ3n) is 7.29. The average Bonchev–Trinajstić information content (AvgIpc) is 3.51. The zero-order chi connectivity index (χ0) is 28.1. The maximum Gasteiger partial charge on any atom is 0.162 e. The van der Waals surface area contributed by atoms with Crippen molar-refractivity contribution in [3.8, 4) is 11.3 Å². The summed E-state index contributed by atoms with van der Waals surface area (Å²) in [7, 11) is 0. The summed E-state index contributed by atoms with van der Waals surface area (Å²) in [5, 5.41) is 14.5. The number of thiophene rings is 1. The van der Waals surface area contributed by atoms with Crippen LogP contribution in [-0.4, -0.2) is 20.9 Å². The molecule has 0 aliphatic heterocycles. The normalized spacial score (nSPS) is 11.8. The minimum Gasteiger partial charge on any atom is -0.512 e. The third kappa shape index (κ3) is 6.88. The number of aliphatic hydroxyl groups excluding tert-OH is 1. The predicted molar refractivity (Wildman–Crippen MR) is 168 cm³/mol. The van der Waals surface area contributed by atoms with E-state index in [0.29, 0.717) is 0 Å². The number of aliphatic hydroxyl groups is 1. The standard InChI is InChI=1S/C20H13N2S2.C13H24O2.Ir/c1-11-9-15-14-6-4-3-5-13(14)10-16(19(15)23-11)18-20-17(7-8-21-18)22-12(2)24-20;1-5-10(6-2)12(14)9-13(15)11(7-3)8-4;/h3-9H,1-2H3;9-11,14H,5-8H2,1-4H3;/q-1;;/b;12-9-;. The Hall–Kier alpha value is -2.44. The van der Waals surface area contributed by atoms with Crippen LogP contribution in [0.1, 0.15) is 63.3 Å². The van der Waals surface area contributed by atoms with Gasteiger partial charge in [-0.1, -0.05) is 68.3 Å². The molecule has 4 nitrogen and oxygen atoms in total. The van der Waals surface area contributed by atoms with Crippen LogP contribution in [0.25, 0.3) is 42.3 Å². The van der Waals surface area contributed by atoms with Gasteiger partial charge in [-0.3, -0.25) is 9.78 Å². The fourth-order valence-corrected chi connectivity index (χ4v) is 6.95. The zero-order valence-corrected chi connectivity index (χ0v) is 28.0. The van der Waals surface area contributed by atoms with Gasteiger partial charge in [0.2, 0.25) is 0 Å². The van der Waals surface area contributed by atoms with Crippen LogP contribution in [-0.2, 0) is 24.9 Å². The van der Waals surface area contributed by atoms with Crippen molar-refractivity contribution in [2.75, 3.05) is 0 Å². The smallest absolute Gasteiger partial charge is 0.162 e. The van der Waals surface area contributed by atoms with Crippen molar-refractivity contribution in [2.24, 2.45) is 11.8 Å². The summed E-state index contributed by atoms with van der Waals surface area (Å²) in [6.45, 7) is 12.3. The molecular formula is C33H37IrN2O2S2-. The van der Waals surface area contributed by atoms with Crippen LogP contribution < -0.4 is 0 Å². The first-order valence-electron chi connectivity index (χ1n) is 13.8. The Kier molecular flexibility index (Phi) is 11.6. The van der Waals surface area contributed by atoms with Crippen LogP contribution in [0.15, 0.2) is 54.4 Å². The zero-order valence-electron chi connectivity index (χ0n) is 24.0. The Labute approximate surface area is 258 Å². The van der Waals surface area contributed by atoms with E-state index in [1.807, 2.05) is 58.2 Å². The Morgan fingerprint density at radius 1 is 0.950 bits per heavy atom. The molecule has 7 heteroatoms. The monoisotopic (exact) mass is 750 g/mol. The van der Waals surface area contributed by atoms with E-state index in [0.717, 1.165) is 57.6 Å². The van der Waals surface area contributed by atoms with Gasteiger partial charge in [0.1, 0.15) is 0 Å². The van der Waals surface area contributed by atoms with Gasteiger partial charge in [0, 0.05) is 54.6 Å². The molecule has 0 aliphatic rings. The first-order chi connectivity index (χ1) is 18.8. The summed E-state index contributed by atoms with van der Waals surface area (Å²) >= 11 is 3.52. The second kappa shape index (κ2) is 14.5. The number of nitrogens with zero attached hydrogens (tertiary/aromatic N) is 2. The van der Waals surface area contributed by atoms with E-state index in [-0.39, 0.29) is 43.5 Å². The number of hydrogen-bond donors (Lipinski definition) is 1. The first-order valence-corrected chi connectivity index (χ1v) is 15.4. The van der Waals surface area contributed by atoms with Gasteiger partial charge in [-0.05, 0) is 55.2 Å². The largest absolute Gasteiger partial charge is 0.512 e. The number of carbonyl (C=O) groups excluding carboxylic acids is 1. The minimum absolute atomic E-state index is 0. The van der Waals surface area contributed by atoms with Crippen LogP contribution in [0.5, 0.6) is 0 Å². The molecule has 3 heterocycles. The minimum atomic E-state index is 0. The number of benzene rings is 2. The van der Waals surface area contributed by atoms with Crippen molar-refractivity contribution >= 4 is 59.5 Å². The molecule has 0 aliphatic carbocycles. The summed E-state index contributed by atoms with van der Waals surface area (Å²) in [4.78, 5) is 22.3. The number of pyridine rings is 1. The maximum absolute atomic E-state index is 11.7. The molecule has 0 saturated carbocycles. The van der Waals surface area contributed by atoms with Crippen molar-refractivity contribution in [3.63, 3.8) is 0 Å². The van der Waals surface area contributed by atoms with Crippen LogP contribution >= 0.6 is 22.7 Å². The number of rotatable bonds is 8. The molecule has 213 valence electrons. The molecule has 0 amide bonds. The van der Waals surface area contributed by atoms with E-state index in [2.05, 4.69) is 48.3 Å². The fourth-order valence-electron chi connectivity index (χ4n) is 5.01. The molecule has 0 bridgehead atoms. The summed E-state index contributed by atoms with van der Waals surface area (Å²) in [5.74, 6) is 0.547. The fraction of sp³-hybridized carbons (Fsp3) is 0.364. The van der Waals surface area contributed by atoms with Gasteiger partial charge < -0.3 is 5.11 Å². The number of hydrogen-bond acceptors (Lipinski definition) is 6. The molecule has 3 aromatic heterocycles. The molecule has 2 aromatic carbocycles. The number of thiazole rings is 1. The third-order valence-corrected chi connectivity index (χ3v) is 9.35. The molecule has 1 N–H and O–H groups in total. The first kappa shape index (κ1) is 32.1. The second-order valence-corrected chi connectivity index (χ2v) is 12.3. The summed E-state index contributed by atoms with van der Waals surface area (Å²) in [5.41, 5.74) is 3.11. The van der Waals surface area contributed by atoms with E-state index < -0.39 is 0 Å². The van der Waals surface area contributed by atoms with Gasteiger partial charge in [-0.2, -0.15) is 11.3 Å². The van der Waals surface area contributed by atoms with Crippen LogP contribution in [0, 0.1) is 31.7 Å². The molecule has 0 saturated heterocycles. The van der Waals surface area contributed by atoms with Crippen LogP contribution in [0.4, 0.5) is 0 Å². The molecule has 0 spiro atoms. The van der Waals surface area contributed by atoms with Gasteiger partial charge in [0.25, 0.3) is 0 Å². The molecule has 0 atom stereocenters. The Balaban J connectivity index is 0.000000243. The number of aryl methyl sites for hydroxylation is 2. The van der Waals surface area contributed by atoms with Gasteiger partial charge >= 0.3 is 0 Å². The molecule has 1 radical (unpaired) electrons. The van der Waals surface area contributed by atoms with Gasteiger partial charge in [0.05, 0.1) is 16.3 Å². The van der Waals surface area contributed by atoms with Gasteiger partial charge in [-0.25, -0.2) is 4.98 Å². The molecule has 40 heavy (non-hydrogen) atoms. The SMILES string of the molecule is CCC(CC)C(=O)/C=C(\O)C(CC)CC.Cc1cc2c(s1)c(-c1nccc3nc(C)sc13)[c-]c1ccccc12.[Ir]. The summed E-state index contributed by atoms with van der Waals surface area (Å²) in [6, 6.07) is 16.4. The van der Waals surface area contributed by atoms with Crippen LogP contribution in [0.3, 0.4) is 0 Å².